The van der Waals surface area contributed by atoms with Crippen molar-refractivity contribution in [1.82, 2.24) is 14.5 Å². The van der Waals surface area contributed by atoms with Gasteiger partial charge in [0.2, 0.25) is 10.0 Å². The molecule has 2 aromatic rings. The van der Waals surface area contributed by atoms with Gasteiger partial charge in [-0.05, 0) is 26.0 Å². The molecule has 0 bridgehead atoms. The molecule has 28 heavy (non-hydrogen) atoms. The molecule has 1 saturated heterocycles. The van der Waals surface area contributed by atoms with Gasteiger partial charge in [0.25, 0.3) is 5.91 Å². The minimum atomic E-state index is -3.73. The lowest BCUT2D eigenvalue weighted by Gasteiger charge is -2.31. The van der Waals surface area contributed by atoms with Gasteiger partial charge in [-0.3, -0.25) is 9.89 Å². The van der Waals surface area contributed by atoms with Crippen molar-refractivity contribution in [3.63, 3.8) is 0 Å². The summed E-state index contributed by atoms with van der Waals surface area (Å²) < 4.78 is 27.1. The zero-order chi connectivity index (χ0) is 20.5. The molecule has 11 heteroatoms. The van der Waals surface area contributed by atoms with E-state index in [2.05, 4.69) is 15.5 Å². The molecule has 1 aliphatic rings. The number of nitrogens with zero attached hydrogens (tertiary/aromatic N) is 2. The molecule has 3 N–H and O–H groups in total. The van der Waals surface area contributed by atoms with E-state index in [9.17, 15) is 13.2 Å². The Labute approximate surface area is 173 Å². The number of piperazine rings is 1. The standard InChI is InChI=1S/C17H21Cl2N5O3S/c1-11-17(12(2)22-21-11)20-15(25)10-23-6-8-24(9-7-23)28(26,27)14-5-3-4-13(18)16(14)19/h3-5H,6-10H2,1-2H3,(H,20,25)(H,21,22)/p+1. The summed E-state index contributed by atoms with van der Waals surface area (Å²) in [7, 11) is -3.73. The molecule has 1 fully saturated rings. The number of halogens is 2. The quantitative estimate of drug-likeness (QED) is 0.633. The predicted octanol–water partition coefficient (Wildman–Crippen LogP) is 0.861. The summed E-state index contributed by atoms with van der Waals surface area (Å²) in [4.78, 5) is 13.3. The predicted molar refractivity (Wildman–Crippen MR) is 107 cm³/mol. The molecule has 1 aromatic heterocycles. The molecule has 2 heterocycles. The number of aromatic nitrogens is 2. The molecule has 8 nitrogen and oxygen atoms in total. The second-order valence-electron chi connectivity index (χ2n) is 6.74. The SMILES string of the molecule is Cc1n[nH]c(C)c1NC(=O)C[NH+]1CCN(S(=O)(=O)c2cccc(Cl)c2Cl)CC1. The third-order valence-electron chi connectivity index (χ3n) is 4.77. The van der Waals surface area contributed by atoms with Gasteiger partial charge in [0, 0.05) is 0 Å². The molecular weight excluding hydrogens is 425 g/mol. The van der Waals surface area contributed by atoms with E-state index in [1.165, 1.54) is 10.4 Å². The second kappa shape index (κ2) is 8.38. The van der Waals surface area contributed by atoms with Crippen LogP contribution in [0.25, 0.3) is 0 Å². The topological polar surface area (TPSA) is 99.6 Å². The van der Waals surface area contributed by atoms with Crippen molar-refractivity contribution in [3.05, 3.63) is 39.6 Å². The molecule has 0 unspecified atom stereocenters. The Morgan fingerprint density at radius 2 is 1.96 bits per heavy atom. The molecule has 1 aromatic carbocycles. The van der Waals surface area contributed by atoms with E-state index in [4.69, 9.17) is 23.2 Å². The fraction of sp³-hybridized carbons (Fsp3) is 0.412. The number of aryl methyl sites for hydroxylation is 2. The third-order valence-corrected chi connectivity index (χ3v) is 7.64. The molecular formula is C17H22Cl2N5O3S+. The molecule has 0 spiro atoms. The molecule has 3 rings (SSSR count). The number of rotatable bonds is 5. The average Bonchev–Trinajstić information content (AvgIpc) is 2.96. The Morgan fingerprint density at radius 1 is 1.29 bits per heavy atom. The van der Waals surface area contributed by atoms with Crippen molar-refractivity contribution in [2.24, 2.45) is 0 Å². The molecule has 152 valence electrons. The fourth-order valence-electron chi connectivity index (χ4n) is 3.19. The van der Waals surface area contributed by atoms with Gasteiger partial charge in [0.15, 0.2) is 6.54 Å². The van der Waals surface area contributed by atoms with Gasteiger partial charge in [-0.15, -0.1) is 0 Å². The van der Waals surface area contributed by atoms with Crippen LogP contribution in [0.15, 0.2) is 23.1 Å². The number of hydrogen-bond donors (Lipinski definition) is 3. The number of nitrogens with one attached hydrogen (secondary N) is 3. The molecule has 0 aliphatic carbocycles. The van der Waals surface area contributed by atoms with Crippen LogP contribution in [-0.2, 0) is 14.8 Å². The maximum absolute atomic E-state index is 12.9. The molecule has 0 atom stereocenters. The normalized spacial score (nSPS) is 16.3. The van der Waals surface area contributed by atoms with Crippen LogP contribution in [0, 0.1) is 13.8 Å². The van der Waals surface area contributed by atoms with E-state index in [0.29, 0.717) is 31.9 Å². The van der Waals surface area contributed by atoms with Gasteiger partial charge < -0.3 is 10.2 Å². The van der Waals surface area contributed by atoms with Crippen LogP contribution in [0.4, 0.5) is 5.69 Å². The molecule has 0 saturated carbocycles. The van der Waals surface area contributed by atoms with E-state index >= 15 is 0 Å². The van der Waals surface area contributed by atoms with Crippen LogP contribution in [0.1, 0.15) is 11.4 Å². The molecule has 1 aliphatic heterocycles. The zero-order valence-electron chi connectivity index (χ0n) is 15.6. The highest BCUT2D eigenvalue weighted by Crippen LogP contribution is 2.30. The lowest BCUT2D eigenvalue weighted by molar-refractivity contribution is -0.895. The van der Waals surface area contributed by atoms with Crippen molar-refractivity contribution in [1.29, 1.82) is 0 Å². The first kappa shape index (κ1) is 21.1. The van der Waals surface area contributed by atoms with Crippen LogP contribution < -0.4 is 10.2 Å². The Hall–Kier alpha value is -1.65. The summed E-state index contributed by atoms with van der Waals surface area (Å²) in [5, 5.41) is 9.99. The Bertz CT molecular complexity index is 965. The third kappa shape index (κ3) is 4.33. The number of amides is 1. The Balaban J connectivity index is 1.60. The van der Waals surface area contributed by atoms with Crippen molar-refractivity contribution in [3.8, 4) is 0 Å². The summed E-state index contributed by atoms with van der Waals surface area (Å²) in [6.07, 6.45) is 0. The smallest absolute Gasteiger partial charge is 0.279 e. The first-order chi connectivity index (χ1) is 13.2. The minimum Gasteiger partial charge on any atom is -0.325 e. The van der Waals surface area contributed by atoms with Crippen molar-refractivity contribution < 1.29 is 18.1 Å². The number of anilines is 1. The number of carbonyl (C=O) groups excluding carboxylic acids is 1. The summed E-state index contributed by atoms with van der Waals surface area (Å²) in [6, 6.07) is 4.56. The van der Waals surface area contributed by atoms with E-state index in [-0.39, 0.29) is 27.4 Å². The Morgan fingerprint density at radius 3 is 2.57 bits per heavy atom. The first-order valence-corrected chi connectivity index (χ1v) is 11.0. The summed E-state index contributed by atoms with van der Waals surface area (Å²) in [5.74, 6) is -0.128. The average molecular weight is 447 g/mol. The van der Waals surface area contributed by atoms with E-state index < -0.39 is 10.0 Å². The maximum atomic E-state index is 12.9. The minimum absolute atomic E-state index is 0.00812. The molecule has 1 amide bonds. The first-order valence-electron chi connectivity index (χ1n) is 8.79. The number of H-pyrrole nitrogens is 1. The van der Waals surface area contributed by atoms with Gasteiger partial charge >= 0.3 is 0 Å². The number of carbonyl (C=O) groups is 1. The fourth-order valence-corrected chi connectivity index (χ4v) is 5.37. The van der Waals surface area contributed by atoms with Crippen molar-refractivity contribution in [2.45, 2.75) is 18.7 Å². The van der Waals surface area contributed by atoms with Gasteiger partial charge in [0.05, 0.1) is 53.3 Å². The van der Waals surface area contributed by atoms with Gasteiger partial charge in [0.1, 0.15) is 4.90 Å². The van der Waals surface area contributed by atoms with Crippen LogP contribution in [0.2, 0.25) is 10.0 Å². The van der Waals surface area contributed by atoms with E-state index in [1.807, 2.05) is 13.8 Å². The maximum Gasteiger partial charge on any atom is 0.279 e. The lowest BCUT2D eigenvalue weighted by Crippen LogP contribution is -3.15. The van der Waals surface area contributed by atoms with Crippen molar-refractivity contribution in [2.75, 3.05) is 38.0 Å². The highest BCUT2D eigenvalue weighted by atomic mass is 35.5. The van der Waals surface area contributed by atoms with Crippen molar-refractivity contribution >= 4 is 44.8 Å². The highest BCUT2D eigenvalue weighted by molar-refractivity contribution is 7.89. The summed E-state index contributed by atoms with van der Waals surface area (Å²) >= 11 is 12.0. The van der Waals surface area contributed by atoms with Crippen LogP contribution in [-0.4, -0.2) is 61.6 Å². The summed E-state index contributed by atoms with van der Waals surface area (Å²) in [5.41, 5.74) is 2.23. The Kier molecular flexibility index (Phi) is 6.31. The largest absolute Gasteiger partial charge is 0.325 e. The number of sulfonamides is 1. The zero-order valence-corrected chi connectivity index (χ0v) is 17.9. The van der Waals surface area contributed by atoms with Crippen LogP contribution in [0.3, 0.4) is 0 Å². The lowest BCUT2D eigenvalue weighted by atomic mass is 10.3. The van der Waals surface area contributed by atoms with Crippen LogP contribution in [0.5, 0.6) is 0 Å². The number of hydrogen-bond acceptors (Lipinski definition) is 4. The van der Waals surface area contributed by atoms with Crippen LogP contribution >= 0.6 is 23.2 Å². The second-order valence-corrected chi connectivity index (χ2v) is 9.43. The summed E-state index contributed by atoms with van der Waals surface area (Å²) in [6.45, 7) is 5.57. The van der Waals surface area contributed by atoms with Gasteiger partial charge in [-0.2, -0.15) is 9.40 Å². The number of quaternary nitrogens is 1. The molecule has 0 radical (unpaired) electrons. The number of aromatic amines is 1. The monoisotopic (exact) mass is 446 g/mol. The van der Waals surface area contributed by atoms with E-state index in [0.717, 1.165) is 16.3 Å². The number of benzene rings is 1. The van der Waals surface area contributed by atoms with Gasteiger partial charge in [-0.1, -0.05) is 29.3 Å². The highest BCUT2D eigenvalue weighted by Gasteiger charge is 2.33. The van der Waals surface area contributed by atoms with E-state index in [1.54, 1.807) is 12.1 Å². The van der Waals surface area contributed by atoms with Gasteiger partial charge in [-0.25, -0.2) is 8.42 Å².